The van der Waals surface area contributed by atoms with Crippen LogP contribution in [0, 0.1) is 0 Å². The summed E-state index contributed by atoms with van der Waals surface area (Å²) in [7, 11) is 0. The fraction of sp³-hybridized carbons (Fsp3) is 0.143. The van der Waals surface area contributed by atoms with Gasteiger partial charge in [0.2, 0.25) is 0 Å². The molecule has 0 aliphatic carbocycles. The summed E-state index contributed by atoms with van der Waals surface area (Å²) in [5.74, 6) is 1.35. The molecule has 0 bridgehead atoms. The largest absolute Gasteiger partial charge is 0.383 e. The molecule has 0 fully saturated rings. The molecule has 0 saturated carbocycles. The SMILES string of the molecule is Nc1nc(SCc2ccc(Cl)cc2)nc2sc3c(c12)CC(c1ccccc1)SC3c1ccccc1. The van der Waals surface area contributed by atoms with Crippen LogP contribution in [0.1, 0.15) is 37.6 Å². The Balaban J connectivity index is 1.39. The van der Waals surface area contributed by atoms with Gasteiger partial charge in [0.25, 0.3) is 0 Å². The van der Waals surface area contributed by atoms with E-state index in [-0.39, 0.29) is 5.25 Å². The van der Waals surface area contributed by atoms with Crippen molar-refractivity contribution in [2.75, 3.05) is 5.73 Å². The van der Waals surface area contributed by atoms with E-state index in [1.54, 1.807) is 23.1 Å². The van der Waals surface area contributed by atoms with Crippen molar-refractivity contribution in [2.24, 2.45) is 0 Å². The van der Waals surface area contributed by atoms with E-state index >= 15 is 0 Å². The minimum atomic E-state index is 0.244. The van der Waals surface area contributed by atoms with Gasteiger partial charge in [-0.25, -0.2) is 9.97 Å². The van der Waals surface area contributed by atoms with Gasteiger partial charge in [0, 0.05) is 20.9 Å². The number of thioether (sulfide) groups is 2. The quantitative estimate of drug-likeness (QED) is 0.182. The van der Waals surface area contributed by atoms with Crippen molar-refractivity contribution in [3.8, 4) is 0 Å². The first-order valence-electron chi connectivity index (χ1n) is 11.4. The molecule has 3 aromatic carbocycles. The van der Waals surface area contributed by atoms with Gasteiger partial charge in [-0.05, 0) is 40.8 Å². The molecule has 0 radical (unpaired) electrons. The van der Waals surface area contributed by atoms with E-state index in [1.165, 1.54) is 27.1 Å². The number of hydrogen-bond acceptors (Lipinski definition) is 6. The number of rotatable bonds is 5. The lowest BCUT2D eigenvalue weighted by Gasteiger charge is -2.30. The molecule has 1 aliphatic rings. The Labute approximate surface area is 222 Å². The summed E-state index contributed by atoms with van der Waals surface area (Å²) in [5, 5.41) is 3.08. The van der Waals surface area contributed by atoms with Crippen LogP contribution in [-0.4, -0.2) is 9.97 Å². The first-order chi connectivity index (χ1) is 17.2. The van der Waals surface area contributed by atoms with E-state index < -0.39 is 0 Å². The second-order valence-corrected chi connectivity index (χ2v) is 12.2. The topological polar surface area (TPSA) is 51.8 Å². The van der Waals surface area contributed by atoms with Crippen molar-refractivity contribution in [1.82, 2.24) is 9.97 Å². The molecule has 2 aromatic heterocycles. The molecule has 5 aromatic rings. The second kappa shape index (κ2) is 9.86. The monoisotopic (exact) mass is 531 g/mol. The highest BCUT2D eigenvalue weighted by atomic mass is 35.5. The maximum atomic E-state index is 6.60. The molecular formula is C28H22ClN3S3. The summed E-state index contributed by atoms with van der Waals surface area (Å²) in [6.07, 6.45) is 0.929. The van der Waals surface area contributed by atoms with Crippen LogP contribution >= 0.6 is 46.5 Å². The number of halogens is 1. The van der Waals surface area contributed by atoms with Crippen molar-refractivity contribution in [3.63, 3.8) is 0 Å². The minimum Gasteiger partial charge on any atom is -0.383 e. The van der Waals surface area contributed by atoms with Crippen molar-refractivity contribution in [2.45, 2.75) is 27.8 Å². The first kappa shape index (κ1) is 22.9. The molecule has 0 saturated heterocycles. The number of hydrogen-bond donors (Lipinski definition) is 1. The Morgan fingerprint density at radius 3 is 2.29 bits per heavy atom. The first-order valence-corrected chi connectivity index (χ1v) is 14.5. The molecule has 2 N–H and O–H groups in total. The van der Waals surface area contributed by atoms with Crippen molar-refractivity contribution >= 4 is 62.5 Å². The van der Waals surface area contributed by atoms with Crippen molar-refractivity contribution in [1.29, 1.82) is 0 Å². The highest BCUT2D eigenvalue weighted by Crippen LogP contribution is 2.55. The number of aromatic nitrogens is 2. The molecule has 35 heavy (non-hydrogen) atoms. The lowest BCUT2D eigenvalue weighted by Crippen LogP contribution is -2.12. The maximum absolute atomic E-state index is 6.60. The minimum absolute atomic E-state index is 0.244. The number of nitrogens with zero attached hydrogens (tertiary/aromatic N) is 2. The normalized spacial score (nSPS) is 17.4. The maximum Gasteiger partial charge on any atom is 0.191 e. The third kappa shape index (κ3) is 4.68. The fourth-order valence-corrected chi connectivity index (χ4v) is 8.48. The van der Waals surface area contributed by atoms with Crippen LogP contribution < -0.4 is 5.73 Å². The van der Waals surface area contributed by atoms with Gasteiger partial charge in [-0.3, -0.25) is 0 Å². The van der Waals surface area contributed by atoms with Gasteiger partial charge >= 0.3 is 0 Å². The van der Waals surface area contributed by atoms with E-state index in [4.69, 9.17) is 27.3 Å². The number of anilines is 1. The number of thiophene rings is 1. The number of benzene rings is 3. The number of fused-ring (bicyclic) bond motifs is 3. The average Bonchev–Trinajstić information content (AvgIpc) is 3.28. The summed E-state index contributed by atoms with van der Waals surface area (Å²) in [4.78, 5) is 12.0. The van der Waals surface area contributed by atoms with E-state index in [0.717, 1.165) is 27.4 Å². The summed E-state index contributed by atoms with van der Waals surface area (Å²) in [6, 6.07) is 29.4. The third-order valence-corrected chi connectivity index (χ3v) is 10.2. The molecular weight excluding hydrogens is 510 g/mol. The zero-order chi connectivity index (χ0) is 23.8. The van der Waals surface area contributed by atoms with Crippen LogP contribution in [0.3, 0.4) is 0 Å². The molecule has 0 spiro atoms. The third-order valence-electron chi connectivity index (χ3n) is 6.17. The summed E-state index contributed by atoms with van der Waals surface area (Å²) in [5.41, 5.74) is 11.7. The van der Waals surface area contributed by atoms with Crippen LogP contribution in [0.15, 0.2) is 90.1 Å². The van der Waals surface area contributed by atoms with Crippen LogP contribution in [-0.2, 0) is 12.2 Å². The smallest absolute Gasteiger partial charge is 0.191 e. The van der Waals surface area contributed by atoms with Crippen LogP contribution in [0.2, 0.25) is 5.02 Å². The zero-order valence-corrected chi connectivity index (χ0v) is 21.9. The van der Waals surface area contributed by atoms with E-state index in [9.17, 15) is 0 Å². The number of nitrogen functional groups attached to an aromatic ring is 1. The van der Waals surface area contributed by atoms with Gasteiger partial charge in [0.15, 0.2) is 5.16 Å². The average molecular weight is 532 g/mol. The lowest BCUT2D eigenvalue weighted by molar-refractivity contribution is 0.893. The van der Waals surface area contributed by atoms with E-state index in [2.05, 4.69) is 60.7 Å². The fourth-order valence-electron chi connectivity index (χ4n) is 4.47. The Bertz CT molecular complexity index is 1470. The molecule has 3 nitrogen and oxygen atoms in total. The van der Waals surface area contributed by atoms with Gasteiger partial charge in [-0.2, -0.15) is 0 Å². The van der Waals surface area contributed by atoms with Crippen LogP contribution in [0.5, 0.6) is 0 Å². The zero-order valence-electron chi connectivity index (χ0n) is 18.7. The van der Waals surface area contributed by atoms with E-state index in [0.29, 0.717) is 16.2 Å². The van der Waals surface area contributed by atoms with Gasteiger partial charge in [-0.15, -0.1) is 23.1 Å². The van der Waals surface area contributed by atoms with Crippen molar-refractivity contribution < 1.29 is 0 Å². The second-order valence-electron chi connectivity index (χ2n) is 8.46. The Kier molecular flexibility index (Phi) is 6.46. The Hall–Kier alpha value is -2.51. The van der Waals surface area contributed by atoms with Crippen molar-refractivity contribution in [3.05, 3.63) is 117 Å². The Morgan fingerprint density at radius 1 is 0.886 bits per heavy atom. The number of nitrogens with two attached hydrogens (primary N) is 1. The predicted molar refractivity (Wildman–Crippen MR) is 152 cm³/mol. The Morgan fingerprint density at radius 2 is 1.57 bits per heavy atom. The van der Waals surface area contributed by atoms with Gasteiger partial charge in [0.1, 0.15) is 10.6 Å². The molecule has 2 atom stereocenters. The van der Waals surface area contributed by atoms with E-state index in [1.807, 2.05) is 36.0 Å². The molecule has 3 heterocycles. The molecule has 0 amide bonds. The molecule has 6 rings (SSSR count). The summed E-state index contributed by atoms with van der Waals surface area (Å²) < 4.78 is 0. The molecule has 7 heteroatoms. The summed E-state index contributed by atoms with van der Waals surface area (Å²) >= 11 is 11.4. The predicted octanol–water partition coefficient (Wildman–Crippen LogP) is 8.34. The highest BCUT2D eigenvalue weighted by molar-refractivity contribution is 8.00. The van der Waals surface area contributed by atoms with Gasteiger partial charge in [-0.1, -0.05) is 96.2 Å². The molecule has 174 valence electrons. The van der Waals surface area contributed by atoms with Crippen LogP contribution in [0.25, 0.3) is 10.2 Å². The van der Waals surface area contributed by atoms with Gasteiger partial charge in [0.05, 0.1) is 10.6 Å². The molecule has 2 unspecified atom stereocenters. The molecule has 1 aliphatic heterocycles. The highest BCUT2D eigenvalue weighted by Gasteiger charge is 2.34. The lowest BCUT2D eigenvalue weighted by atomic mass is 9.98. The standard InChI is InChI=1S/C28H22ClN3S3/c29-20-13-11-17(12-14-20)16-33-28-31-26(30)23-21-15-22(18-7-3-1-4-8-18)34-24(19-9-5-2-6-10-19)25(21)35-27(23)32-28/h1-14,22,24H,15-16H2,(H2,30,31,32). The summed E-state index contributed by atoms with van der Waals surface area (Å²) in [6.45, 7) is 0. The van der Waals surface area contributed by atoms with Crippen LogP contribution in [0.4, 0.5) is 5.82 Å². The van der Waals surface area contributed by atoms with Gasteiger partial charge < -0.3 is 5.73 Å².